The molecule has 0 spiro atoms. The number of hydrogen-bond donors (Lipinski definition) is 3. The highest BCUT2D eigenvalue weighted by Crippen LogP contribution is 2.17. The summed E-state index contributed by atoms with van der Waals surface area (Å²) in [5, 5.41) is 18.9. The lowest BCUT2D eigenvalue weighted by Gasteiger charge is -2.25. The number of aromatic nitrogens is 2. The van der Waals surface area contributed by atoms with E-state index in [0.717, 1.165) is 64.3 Å². The highest BCUT2D eigenvalue weighted by Gasteiger charge is 2.24. The van der Waals surface area contributed by atoms with E-state index in [-0.39, 0.29) is 25.5 Å². The van der Waals surface area contributed by atoms with E-state index in [0.29, 0.717) is 12.2 Å². The zero-order valence-corrected chi connectivity index (χ0v) is 20.4. The Morgan fingerprint density at radius 1 is 0.946 bits per heavy atom. The second-order valence-corrected chi connectivity index (χ2v) is 8.58. The second-order valence-electron chi connectivity index (χ2n) is 8.58. The molecular formula is C28H39N3O6. The zero-order chi connectivity index (χ0) is 26.0. The van der Waals surface area contributed by atoms with Crippen molar-refractivity contribution in [1.82, 2.24) is 15.3 Å². The molecule has 0 amide bonds. The van der Waals surface area contributed by atoms with Gasteiger partial charge in [-0.05, 0) is 81.2 Å². The smallest absolute Gasteiger partial charge is 0.328 e. The van der Waals surface area contributed by atoms with Crippen LogP contribution >= 0.6 is 0 Å². The number of pyridine rings is 2. The highest BCUT2D eigenvalue weighted by atomic mass is 16.5. The van der Waals surface area contributed by atoms with Crippen LogP contribution in [0.2, 0.25) is 0 Å². The standard InChI is InChI=1S/C23H31N3O2.C4H4O4.CH4/c27-23(22-13-1-2-16-26-22)28-21(11-3-7-19-9-5-14-24-17-19)12-4-8-20-10-6-15-25-18-20;5-3(6)1-2-4(7)8;/h5-6,9-10,14-15,17-18,21-22,26H,1-4,7-8,11-13,16H2;1-2H,(H,5,6)(H,7,8);1H4/b;2-1+;/t22-;;/m0../s1. The third-order valence-electron chi connectivity index (χ3n) is 5.67. The lowest BCUT2D eigenvalue weighted by Crippen LogP contribution is -2.42. The monoisotopic (exact) mass is 513 g/mol. The second kappa shape index (κ2) is 18.6. The van der Waals surface area contributed by atoms with Crippen molar-refractivity contribution in [3.05, 3.63) is 72.3 Å². The van der Waals surface area contributed by atoms with Gasteiger partial charge in [0.2, 0.25) is 0 Å². The minimum Gasteiger partial charge on any atom is -0.478 e. The van der Waals surface area contributed by atoms with E-state index in [4.69, 9.17) is 14.9 Å². The summed E-state index contributed by atoms with van der Waals surface area (Å²) in [7, 11) is 0. The SMILES string of the molecule is C.O=C(O)/C=C/C(=O)O.O=C(OC(CCCc1cccnc1)CCCc1cccnc1)[C@@H]1CCCCN1. The Labute approximate surface area is 219 Å². The fourth-order valence-corrected chi connectivity index (χ4v) is 3.86. The van der Waals surface area contributed by atoms with Crippen molar-refractivity contribution in [2.75, 3.05) is 6.54 Å². The van der Waals surface area contributed by atoms with E-state index >= 15 is 0 Å². The zero-order valence-electron chi connectivity index (χ0n) is 20.4. The van der Waals surface area contributed by atoms with Gasteiger partial charge in [0.15, 0.2) is 0 Å². The normalized spacial score (nSPS) is 14.8. The molecule has 1 aliphatic rings. The first-order valence-electron chi connectivity index (χ1n) is 12.3. The molecule has 0 unspecified atom stereocenters. The van der Waals surface area contributed by atoms with Gasteiger partial charge >= 0.3 is 17.9 Å². The molecule has 37 heavy (non-hydrogen) atoms. The molecule has 1 atom stereocenters. The summed E-state index contributed by atoms with van der Waals surface area (Å²) < 4.78 is 5.93. The number of rotatable bonds is 12. The van der Waals surface area contributed by atoms with Gasteiger partial charge in [-0.3, -0.25) is 14.8 Å². The highest BCUT2D eigenvalue weighted by molar-refractivity contribution is 5.89. The number of carbonyl (C=O) groups is 3. The van der Waals surface area contributed by atoms with E-state index in [1.807, 2.05) is 24.5 Å². The number of ether oxygens (including phenoxy) is 1. The topological polar surface area (TPSA) is 139 Å². The molecule has 0 aliphatic carbocycles. The average molecular weight is 514 g/mol. The van der Waals surface area contributed by atoms with Gasteiger partial charge in [0, 0.05) is 36.9 Å². The van der Waals surface area contributed by atoms with Gasteiger partial charge in [0.1, 0.15) is 12.1 Å². The van der Waals surface area contributed by atoms with Crippen LogP contribution in [0.1, 0.15) is 63.5 Å². The average Bonchev–Trinajstić information content (AvgIpc) is 2.89. The van der Waals surface area contributed by atoms with Gasteiger partial charge in [-0.15, -0.1) is 0 Å². The van der Waals surface area contributed by atoms with Crippen LogP contribution in [-0.4, -0.2) is 56.8 Å². The van der Waals surface area contributed by atoms with Gasteiger partial charge < -0.3 is 20.3 Å². The minimum atomic E-state index is -1.26. The van der Waals surface area contributed by atoms with Crippen LogP contribution < -0.4 is 5.32 Å². The Bertz CT molecular complexity index is 885. The number of piperidine rings is 1. The molecule has 1 saturated heterocycles. The molecule has 9 heteroatoms. The maximum Gasteiger partial charge on any atom is 0.328 e. The molecule has 2 aromatic rings. The van der Waals surface area contributed by atoms with Crippen LogP contribution in [0.4, 0.5) is 0 Å². The molecule has 1 fully saturated rings. The lowest BCUT2D eigenvalue weighted by molar-refractivity contribution is -0.153. The maximum atomic E-state index is 12.6. The third kappa shape index (κ3) is 14.5. The van der Waals surface area contributed by atoms with Gasteiger partial charge in [-0.25, -0.2) is 9.59 Å². The van der Waals surface area contributed by atoms with Gasteiger partial charge in [0.05, 0.1) is 0 Å². The number of carboxylic acid groups (broad SMARTS) is 2. The maximum absolute atomic E-state index is 12.6. The first kappa shape index (κ1) is 31.4. The predicted molar refractivity (Wildman–Crippen MR) is 141 cm³/mol. The molecule has 1 aliphatic heterocycles. The molecule has 9 nitrogen and oxygen atoms in total. The Hall–Kier alpha value is -3.59. The summed E-state index contributed by atoms with van der Waals surface area (Å²) in [6.07, 6.45) is 17.3. The number of esters is 1. The summed E-state index contributed by atoms with van der Waals surface area (Å²) in [5.41, 5.74) is 2.47. The molecule has 0 bridgehead atoms. The van der Waals surface area contributed by atoms with E-state index in [2.05, 4.69) is 27.4 Å². The van der Waals surface area contributed by atoms with Crippen molar-refractivity contribution in [1.29, 1.82) is 0 Å². The largest absolute Gasteiger partial charge is 0.478 e. The number of nitrogens with zero attached hydrogens (tertiary/aromatic N) is 2. The van der Waals surface area contributed by atoms with Crippen LogP contribution in [0.15, 0.2) is 61.2 Å². The molecule has 0 radical (unpaired) electrons. The van der Waals surface area contributed by atoms with E-state index in [1.54, 1.807) is 12.4 Å². The Kier molecular flexibility index (Phi) is 15.8. The number of aliphatic carboxylic acids is 2. The fourth-order valence-electron chi connectivity index (χ4n) is 3.86. The number of aryl methyl sites for hydroxylation is 2. The molecule has 0 aromatic carbocycles. The van der Waals surface area contributed by atoms with Crippen molar-refractivity contribution < 1.29 is 29.3 Å². The quantitative estimate of drug-likeness (QED) is 0.281. The van der Waals surface area contributed by atoms with Crippen molar-refractivity contribution >= 4 is 17.9 Å². The Morgan fingerprint density at radius 2 is 1.49 bits per heavy atom. The molecule has 3 N–H and O–H groups in total. The van der Waals surface area contributed by atoms with Crippen LogP contribution in [0.3, 0.4) is 0 Å². The van der Waals surface area contributed by atoms with E-state index in [9.17, 15) is 14.4 Å². The summed E-state index contributed by atoms with van der Waals surface area (Å²) >= 11 is 0. The molecule has 0 saturated carbocycles. The summed E-state index contributed by atoms with van der Waals surface area (Å²) in [6, 6.07) is 8.00. The number of carbonyl (C=O) groups excluding carboxylic acids is 1. The van der Waals surface area contributed by atoms with Crippen LogP contribution in [0.25, 0.3) is 0 Å². The molecule has 3 heterocycles. The number of hydrogen-bond acceptors (Lipinski definition) is 7. The summed E-state index contributed by atoms with van der Waals surface area (Å²) in [5.74, 6) is -2.59. The Morgan fingerprint density at radius 3 is 1.89 bits per heavy atom. The molecule has 202 valence electrons. The van der Waals surface area contributed by atoms with Gasteiger partial charge in [0.25, 0.3) is 0 Å². The first-order valence-corrected chi connectivity index (χ1v) is 12.3. The number of nitrogens with one attached hydrogen (secondary N) is 1. The van der Waals surface area contributed by atoms with Crippen LogP contribution in [0, 0.1) is 0 Å². The summed E-state index contributed by atoms with van der Waals surface area (Å²) in [4.78, 5) is 40.0. The van der Waals surface area contributed by atoms with Crippen LogP contribution in [0.5, 0.6) is 0 Å². The van der Waals surface area contributed by atoms with E-state index < -0.39 is 11.9 Å². The lowest BCUT2D eigenvalue weighted by atomic mass is 10.0. The molecule has 2 aromatic heterocycles. The molecule has 3 rings (SSSR count). The molecular weight excluding hydrogens is 474 g/mol. The van der Waals surface area contributed by atoms with Crippen molar-refractivity contribution in [2.24, 2.45) is 0 Å². The van der Waals surface area contributed by atoms with Crippen molar-refractivity contribution in [3.63, 3.8) is 0 Å². The van der Waals surface area contributed by atoms with Crippen molar-refractivity contribution in [2.45, 2.75) is 77.4 Å². The van der Waals surface area contributed by atoms with Gasteiger partial charge in [-0.2, -0.15) is 0 Å². The first-order chi connectivity index (χ1) is 17.4. The predicted octanol–water partition coefficient (Wildman–Crippen LogP) is 4.22. The Balaban J connectivity index is 0.000000661. The van der Waals surface area contributed by atoms with Crippen LogP contribution in [-0.2, 0) is 32.0 Å². The number of carboxylic acids is 2. The van der Waals surface area contributed by atoms with E-state index in [1.165, 1.54) is 11.1 Å². The minimum absolute atomic E-state index is 0. The van der Waals surface area contributed by atoms with Crippen molar-refractivity contribution in [3.8, 4) is 0 Å². The fraction of sp³-hybridized carbons (Fsp3) is 0.464. The van der Waals surface area contributed by atoms with Gasteiger partial charge in [-0.1, -0.05) is 26.0 Å². The summed E-state index contributed by atoms with van der Waals surface area (Å²) in [6.45, 7) is 0.909. The third-order valence-corrected chi connectivity index (χ3v) is 5.67.